The molecule has 0 N–H and O–H groups in total. The first-order valence-corrected chi connectivity index (χ1v) is 4.51. The number of ketones is 1. The summed E-state index contributed by atoms with van der Waals surface area (Å²) in [4.78, 5) is 10.8. The first-order valence-electron chi connectivity index (χ1n) is 4.51. The quantitative estimate of drug-likeness (QED) is 0.585. The summed E-state index contributed by atoms with van der Waals surface area (Å²) in [6.45, 7) is 2.79. The van der Waals surface area contributed by atoms with Gasteiger partial charge in [0.05, 0.1) is 5.57 Å². The number of halogens is 6. The zero-order chi connectivity index (χ0) is 14.1. The second kappa shape index (κ2) is 4.47. The fourth-order valence-electron chi connectivity index (χ4n) is 1.15. The highest BCUT2D eigenvalue weighted by molar-refractivity contribution is 6.00. The SMILES string of the molecule is C=C(c1ccc(C(=O)C(F)(F)F)cc1)C(F)(F)F. The van der Waals surface area contributed by atoms with Gasteiger partial charge in [-0.3, -0.25) is 4.79 Å². The Morgan fingerprint density at radius 1 is 0.833 bits per heavy atom. The molecule has 1 aromatic carbocycles. The van der Waals surface area contributed by atoms with Crippen LogP contribution in [-0.2, 0) is 0 Å². The number of hydrogen-bond donors (Lipinski definition) is 0. The highest BCUT2D eigenvalue weighted by Gasteiger charge is 2.39. The number of carbonyl (C=O) groups excluding carboxylic acids is 1. The van der Waals surface area contributed by atoms with Crippen molar-refractivity contribution in [3.8, 4) is 0 Å². The van der Waals surface area contributed by atoms with Gasteiger partial charge >= 0.3 is 12.4 Å². The molecule has 0 heterocycles. The summed E-state index contributed by atoms with van der Waals surface area (Å²) < 4.78 is 72.8. The second-order valence-corrected chi connectivity index (χ2v) is 3.38. The van der Waals surface area contributed by atoms with Gasteiger partial charge in [0.15, 0.2) is 0 Å². The first-order chi connectivity index (χ1) is 8.03. The number of rotatable bonds is 2. The molecule has 1 aromatic rings. The number of alkyl halides is 6. The predicted octanol–water partition coefficient (Wildman–Crippen LogP) is 4.01. The van der Waals surface area contributed by atoms with Crippen molar-refractivity contribution < 1.29 is 31.1 Å². The molecule has 0 aliphatic carbocycles. The minimum Gasteiger partial charge on any atom is -0.284 e. The second-order valence-electron chi connectivity index (χ2n) is 3.38. The minimum absolute atomic E-state index is 0.388. The van der Waals surface area contributed by atoms with Crippen molar-refractivity contribution in [2.75, 3.05) is 0 Å². The Hall–Kier alpha value is -1.79. The molecule has 0 bridgehead atoms. The summed E-state index contributed by atoms with van der Waals surface area (Å²) in [5, 5.41) is 0. The van der Waals surface area contributed by atoms with Crippen molar-refractivity contribution in [3.05, 3.63) is 42.0 Å². The fourth-order valence-corrected chi connectivity index (χ4v) is 1.15. The van der Waals surface area contributed by atoms with E-state index >= 15 is 0 Å². The van der Waals surface area contributed by atoms with Gasteiger partial charge in [0.25, 0.3) is 5.78 Å². The van der Waals surface area contributed by atoms with E-state index in [9.17, 15) is 31.1 Å². The Balaban J connectivity index is 3.01. The molecule has 0 aliphatic rings. The average molecular weight is 268 g/mol. The molecular formula is C11H6F6O. The Morgan fingerprint density at radius 2 is 1.22 bits per heavy atom. The van der Waals surface area contributed by atoms with Gasteiger partial charge < -0.3 is 0 Å². The Bertz CT molecular complexity index is 421. The van der Waals surface area contributed by atoms with Gasteiger partial charge in [-0.2, -0.15) is 26.3 Å². The van der Waals surface area contributed by atoms with E-state index in [4.69, 9.17) is 0 Å². The molecule has 18 heavy (non-hydrogen) atoms. The van der Waals surface area contributed by atoms with Crippen LogP contribution in [0.5, 0.6) is 0 Å². The van der Waals surface area contributed by atoms with Crippen molar-refractivity contribution in [2.24, 2.45) is 0 Å². The van der Waals surface area contributed by atoms with Gasteiger partial charge in [0, 0.05) is 5.56 Å². The van der Waals surface area contributed by atoms with Crippen molar-refractivity contribution >= 4 is 11.4 Å². The molecule has 0 aromatic heterocycles. The molecule has 98 valence electrons. The number of Topliss-reactive ketones (excluding diaryl/α,β-unsaturated/α-hetero) is 1. The normalized spacial score (nSPS) is 12.3. The summed E-state index contributed by atoms with van der Waals surface area (Å²) in [7, 11) is 0. The smallest absolute Gasteiger partial charge is 0.284 e. The van der Waals surface area contributed by atoms with Crippen LogP contribution >= 0.6 is 0 Å². The van der Waals surface area contributed by atoms with E-state index in [0.29, 0.717) is 12.1 Å². The van der Waals surface area contributed by atoms with Gasteiger partial charge in [-0.15, -0.1) is 0 Å². The van der Waals surface area contributed by atoms with Crippen LogP contribution in [0.1, 0.15) is 15.9 Å². The lowest BCUT2D eigenvalue weighted by atomic mass is 10.0. The molecular weight excluding hydrogens is 262 g/mol. The summed E-state index contributed by atoms with van der Waals surface area (Å²) >= 11 is 0. The van der Waals surface area contributed by atoms with Gasteiger partial charge in [0.1, 0.15) is 0 Å². The third-order valence-electron chi connectivity index (χ3n) is 2.10. The zero-order valence-corrected chi connectivity index (χ0v) is 8.69. The van der Waals surface area contributed by atoms with Crippen LogP contribution in [0.25, 0.3) is 5.57 Å². The van der Waals surface area contributed by atoms with Crippen LogP contribution in [0, 0.1) is 0 Å². The van der Waals surface area contributed by atoms with Crippen molar-refractivity contribution in [3.63, 3.8) is 0 Å². The largest absolute Gasteiger partial charge is 0.454 e. The highest BCUT2D eigenvalue weighted by atomic mass is 19.4. The molecule has 0 spiro atoms. The van der Waals surface area contributed by atoms with E-state index in [1.54, 1.807) is 0 Å². The lowest BCUT2D eigenvalue weighted by Gasteiger charge is -2.11. The third kappa shape index (κ3) is 3.12. The predicted molar refractivity (Wildman–Crippen MR) is 51.9 cm³/mol. The molecule has 1 nitrogen and oxygen atoms in total. The van der Waals surface area contributed by atoms with E-state index in [1.807, 2.05) is 0 Å². The Kier molecular flexibility index (Phi) is 3.54. The van der Waals surface area contributed by atoms with Gasteiger partial charge in [-0.05, 0) is 5.56 Å². The van der Waals surface area contributed by atoms with Crippen LogP contribution in [0.3, 0.4) is 0 Å². The van der Waals surface area contributed by atoms with Crippen LogP contribution in [0.2, 0.25) is 0 Å². The Morgan fingerprint density at radius 3 is 1.56 bits per heavy atom. The lowest BCUT2D eigenvalue weighted by Crippen LogP contribution is -2.22. The van der Waals surface area contributed by atoms with Gasteiger partial charge in [-0.25, -0.2) is 0 Å². The lowest BCUT2D eigenvalue weighted by molar-refractivity contribution is -0.0885. The molecule has 0 saturated carbocycles. The summed E-state index contributed by atoms with van der Waals surface area (Å²) in [5.41, 5.74) is -2.30. The molecule has 0 aliphatic heterocycles. The summed E-state index contributed by atoms with van der Waals surface area (Å²) in [6, 6.07) is 2.91. The van der Waals surface area contributed by atoms with E-state index in [1.165, 1.54) is 0 Å². The maximum absolute atomic E-state index is 12.2. The fraction of sp³-hybridized carbons (Fsp3) is 0.182. The Labute approximate surface area is 97.7 Å². The van der Waals surface area contributed by atoms with Crippen LogP contribution < -0.4 is 0 Å². The first kappa shape index (κ1) is 14.3. The average Bonchev–Trinajstić information content (AvgIpc) is 2.25. The molecule has 0 radical (unpaired) electrons. The molecule has 0 fully saturated rings. The number of allylic oxidation sites excluding steroid dienone is 1. The zero-order valence-electron chi connectivity index (χ0n) is 8.69. The van der Waals surface area contributed by atoms with Crippen molar-refractivity contribution in [1.29, 1.82) is 0 Å². The maximum atomic E-state index is 12.2. The number of carbonyl (C=O) groups is 1. The standard InChI is InChI=1S/C11H6F6O/c1-6(10(12,13)14)7-2-4-8(5-3-7)9(18)11(15,16)17/h2-5H,1H2. The molecule has 0 saturated heterocycles. The summed E-state index contributed by atoms with van der Waals surface area (Å²) in [6.07, 6.45) is -9.72. The minimum atomic E-state index is -5.05. The van der Waals surface area contributed by atoms with Crippen LogP contribution in [0.4, 0.5) is 26.3 Å². The van der Waals surface area contributed by atoms with Crippen molar-refractivity contribution in [2.45, 2.75) is 12.4 Å². The van der Waals surface area contributed by atoms with Gasteiger partial charge in [0.2, 0.25) is 0 Å². The van der Waals surface area contributed by atoms with E-state index in [-0.39, 0.29) is 5.56 Å². The molecule has 0 atom stereocenters. The van der Waals surface area contributed by atoms with Crippen molar-refractivity contribution in [1.82, 2.24) is 0 Å². The topological polar surface area (TPSA) is 17.1 Å². The number of benzene rings is 1. The molecule has 0 unspecified atom stereocenters. The van der Waals surface area contributed by atoms with Crippen LogP contribution in [-0.4, -0.2) is 18.1 Å². The molecule has 7 heteroatoms. The molecule has 1 rings (SSSR count). The molecule has 0 amide bonds. The van der Waals surface area contributed by atoms with E-state index in [0.717, 1.165) is 12.1 Å². The van der Waals surface area contributed by atoms with Gasteiger partial charge in [-0.1, -0.05) is 30.8 Å². The highest BCUT2D eigenvalue weighted by Crippen LogP contribution is 2.32. The van der Waals surface area contributed by atoms with Crippen LogP contribution in [0.15, 0.2) is 30.8 Å². The maximum Gasteiger partial charge on any atom is 0.454 e. The number of hydrogen-bond acceptors (Lipinski definition) is 1. The van der Waals surface area contributed by atoms with E-state index in [2.05, 4.69) is 6.58 Å². The monoisotopic (exact) mass is 268 g/mol. The summed E-state index contributed by atoms with van der Waals surface area (Å²) in [5.74, 6) is -2.10. The van der Waals surface area contributed by atoms with E-state index < -0.39 is 29.3 Å². The third-order valence-corrected chi connectivity index (χ3v) is 2.10.